The van der Waals surface area contributed by atoms with Crippen LogP contribution in [-0.4, -0.2) is 42.0 Å². The van der Waals surface area contributed by atoms with Crippen LogP contribution in [0, 0.1) is 11.9 Å². The molecule has 0 radical (unpaired) electrons. The SMILES string of the molecule is CCCCCOCCCCCC1CCc2cc(-c3ccc(OCC4OC4CCCC)cn3)nc(F)c2C1(F)F. The highest BCUT2D eigenvalue weighted by Crippen LogP contribution is 2.47. The number of hydrogen-bond donors (Lipinski definition) is 0. The fourth-order valence-corrected chi connectivity index (χ4v) is 5.39. The Balaban J connectivity index is 1.28. The summed E-state index contributed by atoms with van der Waals surface area (Å²) >= 11 is 0. The Morgan fingerprint density at radius 2 is 1.74 bits per heavy atom. The number of nitrogens with zero attached hydrogens (tertiary/aromatic N) is 2. The minimum atomic E-state index is -3.23. The van der Waals surface area contributed by atoms with Crippen molar-refractivity contribution in [2.24, 2.45) is 5.92 Å². The van der Waals surface area contributed by atoms with Gasteiger partial charge in [0.1, 0.15) is 18.5 Å². The number of alkyl halides is 2. The Kier molecular flexibility index (Phi) is 11.0. The molecule has 0 amide bonds. The molecule has 0 N–H and O–H groups in total. The number of aromatic nitrogens is 2. The van der Waals surface area contributed by atoms with Crippen LogP contribution in [-0.2, 0) is 21.8 Å². The van der Waals surface area contributed by atoms with Crippen LogP contribution in [0.3, 0.4) is 0 Å². The summed E-state index contributed by atoms with van der Waals surface area (Å²) in [5.41, 5.74) is 0.472. The van der Waals surface area contributed by atoms with Gasteiger partial charge in [0, 0.05) is 19.1 Å². The molecule has 0 spiro atoms. The van der Waals surface area contributed by atoms with Gasteiger partial charge in [-0.1, -0.05) is 52.4 Å². The summed E-state index contributed by atoms with van der Waals surface area (Å²) in [4.78, 5) is 8.25. The number of unbranched alkanes of at least 4 members (excludes halogenated alkanes) is 5. The summed E-state index contributed by atoms with van der Waals surface area (Å²) in [5.74, 6) is -4.61. The number of fused-ring (bicyclic) bond motifs is 1. The van der Waals surface area contributed by atoms with E-state index in [1.54, 1.807) is 24.4 Å². The van der Waals surface area contributed by atoms with Gasteiger partial charge in [0.2, 0.25) is 5.95 Å². The molecular formula is C31H43F3N2O3. The minimum Gasteiger partial charge on any atom is -0.489 e. The van der Waals surface area contributed by atoms with Crippen molar-refractivity contribution in [1.29, 1.82) is 0 Å². The van der Waals surface area contributed by atoms with E-state index in [1.807, 2.05) is 0 Å². The second-order valence-electron chi connectivity index (χ2n) is 10.9. The van der Waals surface area contributed by atoms with E-state index in [2.05, 4.69) is 23.8 Å². The van der Waals surface area contributed by atoms with Gasteiger partial charge in [-0.2, -0.15) is 4.39 Å². The fraction of sp³-hybridized carbons (Fsp3) is 0.677. The van der Waals surface area contributed by atoms with E-state index in [-0.39, 0.29) is 17.9 Å². The lowest BCUT2D eigenvalue weighted by Gasteiger charge is -2.33. The highest BCUT2D eigenvalue weighted by molar-refractivity contribution is 5.57. The number of rotatable bonds is 17. The Labute approximate surface area is 230 Å². The third-order valence-electron chi connectivity index (χ3n) is 7.84. The lowest BCUT2D eigenvalue weighted by molar-refractivity contribution is -0.0825. The van der Waals surface area contributed by atoms with Crippen LogP contribution in [0.25, 0.3) is 11.4 Å². The summed E-state index contributed by atoms with van der Waals surface area (Å²) in [6.07, 6.45) is 12.2. The van der Waals surface area contributed by atoms with E-state index < -0.39 is 23.4 Å². The molecule has 1 aliphatic heterocycles. The first-order chi connectivity index (χ1) is 18.9. The molecule has 0 bridgehead atoms. The van der Waals surface area contributed by atoms with Gasteiger partial charge >= 0.3 is 0 Å². The maximum Gasteiger partial charge on any atom is 0.280 e. The molecular weight excluding hydrogens is 505 g/mol. The number of aryl methyl sites for hydroxylation is 1. The lowest BCUT2D eigenvalue weighted by atomic mass is 9.78. The smallest absolute Gasteiger partial charge is 0.280 e. The van der Waals surface area contributed by atoms with Crippen LogP contribution in [0.1, 0.15) is 95.6 Å². The van der Waals surface area contributed by atoms with Gasteiger partial charge in [-0.3, -0.25) is 4.98 Å². The molecule has 5 nitrogen and oxygen atoms in total. The predicted molar refractivity (Wildman–Crippen MR) is 146 cm³/mol. The van der Waals surface area contributed by atoms with Crippen LogP contribution >= 0.6 is 0 Å². The Bertz CT molecular complexity index is 1030. The molecule has 0 saturated carbocycles. The first-order valence-corrected chi connectivity index (χ1v) is 14.8. The zero-order valence-corrected chi connectivity index (χ0v) is 23.4. The molecule has 2 aromatic rings. The lowest BCUT2D eigenvalue weighted by Crippen LogP contribution is -2.33. The summed E-state index contributed by atoms with van der Waals surface area (Å²) in [5, 5.41) is 0. The van der Waals surface area contributed by atoms with Gasteiger partial charge in [-0.25, -0.2) is 13.8 Å². The molecule has 3 unspecified atom stereocenters. The van der Waals surface area contributed by atoms with E-state index in [0.717, 1.165) is 51.6 Å². The monoisotopic (exact) mass is 548 g/mol. The van der Waals surface area contributed by atoms with E-state index in [0.29, 0.717) is 55.9 Å². The van der Waals surface area contributed by atoms with Gasteiger partial charge < -0.3 is 14.2 Å². The molecule has 216 valence electrons. The van der Waals surface area contributed by atoms with Crippen molar-refractivity contribution in [2.75, 3.05) is 19.8 Å². The summed E-state index contributed by atoms with van der Waals surface area (Å²) in [6.45, 7) is 6.21. The molecule has 2 aromatic heterocycles. The Hall–Kier alpha value is -2.19. The highest BCUT2D eigenvalue weighted by Gasteiger charge is 2.47. The maximum absolute atomic E-state index is 15.4. The summed E-state index contributed by atoms with van der Waals surface area (Å²) in [6, 6.07) is 4.99. The quantitative estimate of drug-likeness (QED) is 0.114. The van der Waals surface area contributed by atoms with Gasteiger partial charge in [0.05, 0.1) is 29.3 Å². The van der Waals surface area contributed by atoms with Gasteiger partial charge in [0.15, 0.2) is 0 Å². The maximum atomic E-state index is 15.4. The van der Waals surface area contributed by atoms with E-state index >= 15 is 13.2 Å². The van der Waals surface area contributed by atoms with E-state index in [1.165, 1.54) is 6.42 Å². The molecule has 1 saturated heterocycles. The molecule has 39 heavy (non-hydrogen) atoms. The van der Waals surface area contributed by atoms with Crippen molar-refractivity contribution in [2.45, 2.75) is 109 Å². The predicted octanol–water partition coefficient (Wildman–Crippen LogP) is 8.04. The molecule has 1 aliphatic carbocycles. The average molecular weight is 549 g/mol. The minimum absolute atomic E-state index is 0.118. The van der Waals surface area contributed by atoms with Crippen molar-refractivity contribution < 1.29 is 27.4 Å². The number of halogens is 3. The highest BCUT2D eigenvalue weighted by atomic mass is 19.3. The second kappa shape index (κ2) is 14.4. The van der Waals surface area contributed by atoms with Gasteiger partial charge in [0.25, 0.3) is 5.92 Å². The van der Waals surface area contributed by atoms with Crippen molar-refractivity contribution in [3.8, 4) is 17.1 Å². The van der Waals surface area contributed by atoms with Crippen molar-refractivity contribution in [1.82, 2.24) is 9.97 Å². The molecule has 0 aromatic carbocycles. The average Bonchev–Trinajstić information content (AvgIpc) is 3.69. The first kappa shape index (κ1) is 29.8. The molecule has 1 fully saturated rings. The van der Waals surface area contributed by atoms with Crippen LogP contribution in [0.2, 0.25) is 0 Å². The third-order valence-corrected chi connectivity index (χ3v) is 7.84. The van der Waals surface area contributed by atoms with E-state index in [4.69, 9.17) is 14.2 Å². The van der Waals surface area contributed by atoms with Crippen LogP contribution in [0.4, 0.5) is 13.2 Å². The fourth-order valence-electron chi connectivity index (χ4n) is 5.39. The summed E-state index contributed by atoms with van der Waals surface area (Å²) in [7, 11) is 0. The second-order valence-corrected chi connectivity index (χ2v) is 10.9. The van der Waals surface area contributed by atoms with Crippen molar-refractivity contribution >= 4 is 0 Å². The first-order valence-electron chi connectivity index (χ1n) is 14.8. The molecule has 3 heterocycles. The van der Waals surface area contributed by atoms with Crippen molar-refractivity contribution in [3.05, 3.63) is 41.5 Å². The largest absolute Gasteiger partial charge is 0.489 e. The normalized spacial score (nSPS) is 21.5. The Morgan fingerprint density at radius 3 is 2.49 bits per heavy atom. The van der Waals surface area contributed by atoms with Crippen LogP contribution < -0.4 is 4.74 Å². The zero-order valence-electron chi connectivity index (χ0n) is 23.4. The zero-order chi connectivity index (χ0) is 27.7. The Morgan fingerprint density at radius 1 is 0.949 bits per heavy atom. The van der Waals surface area contributed by atoms with Crippen LogP contribution in [0.15, 0.2) is 24.4 Å². The standard InChI is InChI=1S/C31H43F3N2O3/c1-3-5-9-17-37-18-10-7-8-11-23-14-13-22-19-26(36-30(32)29(22)31(23,33)34)25-16-15-24(20-35-25)38-21-28-27(39-28)12-6-4-2/h15-16,19-20,23,27-28H,3-14,17-18,21H2,1-2H3. The number of hydrogen-bond acceptors (Lipinski definition) is 5. The third kappa shape index (κ3) is 8.16. The number of ether oxygens (including phenoxy) is 3. The molecule has 2 aliphatic rings. The number of pyridine rings is 2. The van der Waals surface area contributed by atoms with Crippen LogP contribution in [0.5, 0.6) is 5.75 Å². The van der Waals surface area contributed by atoms with Gasteiger partial charge in [-0.05, 0) is 62.3 Å². The topological polar surface area (TPSA) is 56.8 Å². The number of epoxide rings is 1. The molecule has 4 rings (SSSR count). The van der Waals surface area contributed by atoms with Crippen molar-refractivity contribution in [3.63, 3.8) is 0 Å². The summed E-state index contributed by atoms with van der Waals surface area (Å²) < 4.78 is 62.8. The molecule has 8 heteroatoms. The van der Waals surface area contributed by atoms with E-state index in [9.17, 15) is 0 Å². The van der Waals surface area contributed by atoms with Gasteiger partial charge in [-0.15, -0.1) is 0 Å². The molecule has 3 atom stereocenters.